The first kappa shape index (κ1) is 10.7. The van der Waals surface area contributed by atoms with Crippen molar-refractivity contribution in [2.24, 2.45) is 0 Å². The Morgan fingerprint density at radius 2 is 1.85 bits per heavy atom. The third-order valence-electron chi connectivity index (χ3n) is 2.38. The summed E-state index contributed by atoms with van der Waals surface area (Å²) in [7, 11) is 0. The van der Waals surface area contributed by atoms with Crippen LogP contribution in [0.25, 0.3) is 0 Å². The molecule has 2 heteroatoms. The summed E-state index contributed by atoms with van der Waals surface area (Å²) in [4.78, 5) is 2.37. The molecule has 0 fully saturated rings. The minimum absolute atomic E-state index is 1.09. The van der Waals surface area contributed by atoms with E-state index in [1.54, 1.807) is 16.9 Å². The zero-order valence-corrected chi connectivity index (χ0v) is 11.1. The Kier molecular flexibility index (Phi) is 3.86. The van der Waals surface area contributed by atoms with Crippen LogP contribution in [0.2, 0.25) is 0 Å². The Balaban J connectivity index is 2.95. The van der Waals surface area contributed by atoms with Gasteiger partial charge in [-0.1, -0.05) is 0 Å². The van der Waals surface area contributed by atoms with Gasteiger partial charge in [0.25, 0.3) is 0 Å². The summed E-state index contributed by atoms with van der Waals surface area (Å²) < 4.78 is 1.43. The van der Waals surface area contributed by atoms with Crippen molar-refractivity contribution in [3.63, 3.8) is 0 Å². The molecule has 0 amide bonds. The van der Waals surface area contributed by atoms with Gasteiger partial charge in [0.2, 0.25) is 0 Å². The molecule has 1 nitrogen and oxygen atoms in total. The number of hydrogen-bond acceptors (Lipinski definition) is 1. The molecule has 0 aliphatic carbocycles. The van der Waals surface area contributed by atoms with E-state index < -0.39 is 0 Å². The first-order valence-corrected chi connectivity index (χ1v) is 6.01. The summed E-state index contributed by atoms with van der Waals surface area (Å²) in [6.07, 6.45) is 0. The quantitative estimate of drug-likeness (QED) is 0.714. The number of benzene rings is 1. The van der Waals surface area contributed by atoms with E-state index in [2.05, 4.69) is 43.9 Å². The molecular formula is C11H18AsN. The molecule has 1 aromatic rings. The minimum atomic E-state index is 1.09. The molecule has 13 heavy (non-hydrogen) atoms. The number of aryl methyl sites for hydroxylation is 1. The molecule has 0 heterocycles. The number of nitrogens with zero attached hydrogens (tertiary/aromatic N) is 1. The maximum absolute atomic E-state index is 2.37. The van der Waals surface area contributed by atoms with Crippen molar-refractivity contribution >= 4 is 26.9 Å². The van der Waals surface area contributed by atoms with E-state index >= 15 is 0 Å². The van der Waals surface area contributed by atoms with Gasteiger partial charge in [0.05, 0.1) is 0 Å². The standard InChI is InChI=1S/C11H18AsN/c1-4-13(5-2)10-6-7-11(12)9(3)8-10/h6-8H,4-5,12H2,1-3H3. The van der Waals surface area contributed by atoms with Crippen LogP contribution in [0.5, 0.6) is 0 Å². The van der Waals surface area contributed by atoms with Gasteiger partial charge in [0.1, 0.15) is 0 Å². The van der Waals surface area contributed by atoms with Gasteiger partial charge >= 0.3 is 89.4 Å². The molecular weight excluding hydrogens is 221 g/mol. The van der Waals surface area contributed by atoms with Crippen molar-refractivity contribution in [3.05, 3.63) is 23.8 Å². The van der Waals surface area contributed by atoms with Crippen molar-refractivity contribution in [3.8, 4) is 0 Å². The predicted octanol–water partition coefficient (Wildman–Crippen LogP) is 1.10. The van der Waals surface area contributed by atoms with Crippen LogP contribution in [-0.2, 0) is 0 Å². The molecule has 0 saturated carbocycles. The van der Waals surface area contributed by atoms with E-state index in [1.165, 1.54) is 15.6 Å². The number of hydrogen-bond donors (Lipinski definition) is 0. The average molecular weight is 239 g/mol. The fourth-order valence-corrected chi connectivity index (χ4v) is 1.82. The van der Waals surface area contributed by atoms with Crippen LogP contribution in [0.3, 0.4) is 0 Å². The van der Waals surface area contributed by atoms with Gasteiger partial charge in [-0.2, -0.15) is 0 Å². The molecule has 1 unspecified atom stereocenters. The maximum atomic E-state index is 2.37. The summed E-state index contributed by atoms with van der Waals surface area (Å²) in [6.45, 7) is 8.75. The summed E-state index contributed by atoms with van der Waals surface area (Å²) in [5, 5.41) is 0. The molecule has 0 aromatic heterocycles. The predicted molar refractivity (Wildman–Crippen MR) is 62.9 cm³/mol. The SMILES string of the molecule is CCN(CC)c1ccc([AsH2])c(C)c1. The van der Waals surface area contributed by atoms with Crippen molar-refractivity contribution in [2.75, 3.05) is 18.0 Å². The molecule has 0 saturated heterocycles. The van der Waals surface area contributed by atoms with Crippen molar-refractivity contribution < 1.29 is 0 Å². The molecule has 72 valence electrons. The van der Waals surface area contributed by atoms with E-state index in [0.29, 0.717) is 0 Å². The molecule has 0 aliphatic heterocycles. The first-order valence-electron chi connectivity index (χ1n) is 4.80. The summed E-state index contributed by atoms with van der Waals surface area (Å²) in [5.74, 6) is 0. The fraction of sp³-hybridized carbons (Fsp3) is 0.455. The fourth-order valence-electron chi connectivity index (χ4n) is 1.45. The van der Waals surface area contributed by atoms with E-state index in [1.807, 2.05) is 0 Å². The van der Waals surface area contributed by atoms with Gasteiger partial charge in [-0.25, -0.2) is 0 Å². The molecule has 0 bridgehead atoms. The first-order chi connectivity index (χ1) is 6.19. The monoisotopic (exact) mass is 239 g/mol. The Morgan fingerprint density at radius 3 is 2.31 bits per heavy atom. The third kappa shape index (κ3) is 2.51. The normalized spacial score (nSPS) is 10.2. The molecule has 1 aromatic carbocycles. The molecule has 0 N–H and O–H groups in total. The zero-order chi connectivity index (χ0) is 9.84. The van der Waals surface area contributed by atoms with Crippen LogP contribution in [-0.4, -0.2) is 29.9 Å². The second-order valence-electron chi connectivity index (χ2n) is 3.21. The van der Waals surface area contributed by atoms with Gasteiger partial charge in [-0.05, 0) is 0 Å². The molecule has 0 aliphatic rings. The van der Waals surface area contributed by atoms with Crippen molar-refractivity contribution in [1.29, 1.82) is 0 Å². The van der Waals surface area contributed by atoms with E-state index in [0.717, 1.165) is 13.1 Å². The Bertz CT molecular complexity index is 279. The summed E-state index contributed by atoms with van der Waals surface area (Å²) in [6, 6.07) is 6.73. The Hall–Kier alpha value is -0.422. The van der Waals surface area contributed by atoms with Crippen LogP contribution in [0.4, 0.5) is 5.69 Å². The molecule has 1 atom stereocenters. The van der Waals surface area contributed by atoms with E-state index in [4.69, 9.17) is 0 Å². The van der Waals surface area contributed by atoms with Gasteiger partial charge in [0, 0.05) is 0 Å². The van der Waals surface area contributed by atoms with Crippen LogP contribution >= 0.6 is 0 Å². The van der Waals surface area contributed by atoms with Crippen LogP contribution in [0.15, 0.2) is 18.2 Å². The molecule has 0 radical (unpaired) electrons. The Morgan fingerprint density at radius 1 is 1.23 bits per heavy atom. The molecule has 1 rings (SSSR count). The Labute approximate surface area is 89.6 Å². The van der Waals surface area contributed by atoms with Gasteiger partial charge in [-0.3, -0.25) is 0 Å². The molecule has 0 spiro atoms. The van der Waals surface area contributed by atoms with Crippen LogP contribution in [0.1, 0.15) is 19.4 Å². The van der Waals surface area contributed by atoms with Crippen molar-refractivity contribution in [1.82, 2.24) is 0 Å². The van der Waals surface area contributed by atoms with E-state index in [-0.39, 0.29) is 0 Å². The number of anilines is 1. The topological polar surface area (TPSA) is 3.24 Å². The summed E-state index contributed by atoms with van der Waals surface area (Å²) >= 11 is 1.70. The van der Waals surface area contributed by atoms with Crippen molar-refractivity contribution in [2.45, 2.75) is 20.8 Å². The van der Waals surface area contributed by atoms with Gasteiger partial charge in [-0.15, -0.1) is 0 Å². The van der Waals surface area contributed by atoms with E-state index in [9.17, 15) is 0 Å². The summed E-state index contributed by atoms with van der Waals surface area (Å²) in [5.41, 5.74) is 2.76. The second kappa shape index (κ2) is 4.71. The third-order valence-corrected chi connectivity index (χ3v) is 3.74. The van der Waals surface area contributed by atoms with Gasteiger partial charge in [0.15, 0.2) is 0 Å². The number of rotatable bonds is 3. The zero-order valence-electron chi connectivity index (χ0n) is 8.67. The van der Waals surface area contributed by atoms with Crippen LogP contribution in [0, 0.1) is 6.92 Å². The van der Waals surface area contributed by atoms with Crippen LogP contribution < -0.4 is 9.25 Å². The second-order valence-corrected chi connectivity index (χ2v) is 4.52. The average Bonchev–Trinajstić information content (AvgIpc) is 2.13. The van der Waals surface area contributed by atoms with Gasteiger partial charge < -0.3 is 0 Å².